The molecule has 0 bridgehead atoms. The van der Waals surface area contributed by atoms with Gasteiger partial charge < -0.3 is 25.4 Å². The van der Waals surface area contributed by atoms with E-state index in [1.807, 2.05) is 6.92 Å². The van der Waals surface area contributed by atoms with Crippen molar-refractivity contribution in [3.05, 3.63) is 29.8 Å². The molecule has 0 heterocycles. The first-order valence-electron chi connectivity index (χ1n) is 11.5. The van der Waals surface area contributed by atoms with E-state index < -0.39 is 29.7 Å². The Labute approximate surface area is 202 Å². The third-order valence-electron chi connectivity index (χ3n) is 4.79. The maximum absolute atomic E-state index is 13.5. The molecule has 0 aliphatic rings. The van der Waals surface area contributed by atoms with E-state index >= 15 is 0 Å². The van der Waals surface area contributed by atoms with Crippen molar-refractivity contribution in [2.24, 2.45) is 0 Å². The predicted molar refractivity (Wildman–Crippen MR) is 132 cm³/mol. The molecule has 0 fully saturated rings. The van der Waals surface area contributed by atoms with E-state index in [2.05, 4.69) is 30.2 Å². The van der Waals surface area contributed by atoms with Crippen LogP contribution >= 0.6 is 12.6 Å². The van der Waals surface area contributed by atoms with Crippen molar-refractivity contribution >= 4 is 30.5 Å². The Balaban J connectivity index is 3.25. The highest BCUT2D eigenvalue weighted by molar-refractivity contribution is 7.80. The van der Waals surface area contributed by atoms with Crippen LogP contribution in [-0.2, 0) is 14.3 Å². The molecule has 1 aromatic carbocycles. The largest absolute Gasteiger partial charge is 0.508 e. The van der Waals surface area contributed by atoms with E-state index in [4.69, 9.17) is 4.74 Å². The topological polar surface area (TPSA) is 108 Å². The highest BCUT2D eigenvalue weighted by Crippen LogP contribution is 2.30. The zero-order chi connectivity index (χ0) is 25.0. The first-order valence-corrected chi connectivity index (χ1v) is 12.1. The fourth-order valence-electron chi connectivity index (χ4n) is 3.30. The number of rotatable bonds is 12. The molecule has 0 saturated carbocycles. The lowest BCUT2D eigenvalue weighted by Gasteiger charge is -2.34. The van der Waals surface area contributed by atoms with Gasteiger partial charge in [0.05, 0.1) is 0 Å². The number of nitrogens with one attached hydrogen (secondary N) is 2. The first kappa shape index (κ1) is 28.6. The van der Waals surface area contributed by atoms with Gasteiger partial charge in [-0.3, -0.25) is 9.59 Å². The number of carbonyl (C=O) groups excluding carboxylic acids is 3. The van der Waals surface area contributed by atoms with Crippen LogP contribution in [0, 0.1) is 0 Å². The van der Waals surface area contributed by atoms with Crippen molar-refractivity contribution in [2.45, 2.75) is 78.0 Å². The summed E-state index contributed by atoms with van der Waals surface area (Å²) < 4.78 is 5.27. The third-order valence-corrected chi connectivity index (χ3v) is 5.16. The number of phenols is 1. The number of alkyl carbamates (subject to hydrolysis) is 1. The summed E-state index contributed by atoms with van der Waals surface area (Å²) >= 11 is 4.24. The number of aromatic hydroxyl groups is 1. The Morgan fingerprint density at radius 2 is 1.79 bits per heavy atom. The lowest BCUT2D eigenvalue weighted by molar-refractivity contribution is -0.142. The van der Waals surface area contributed by atoms with Crippen molar-refractivity contribution in [1.29, 1.82) is 0 Å². The first-order chi connectivity index (χ1) is 15.6. The van der Waals surface area contributed by atoms with Crippen LogP contribution in [0.4, 0.5) is 4.79 Å². The molecule has 9 heteroatoms. The smallest absolute Gasteiger partial charge is 0.408 e. The second kappa shape index (κ2) is 14.0. The van der Waals surface area contributed by atoms with Crippen LogP contribution in [0.3, 0.4) is 0 Å². The Bertz CT molecular complexity index is 782. The zero-order valence-electron chi connectivity index (χ0n) is 20.4. The lowest BCUT2D eigenvalue weighted by Crippen LogP contribution is -2.54. The molecule has 2 unspecified atom stereocenters. The molecule has 1 rings (SSSR count). The van der Waals surface area contributed by atoms with E-state index in [0.29, 0.717) is 18.5 Å². The van der Waals surface area contributed by atoms with Gasteiger partial charge in [-0.15, -0.1) is 0 Å². The standard InChI is InChI=1S/C24H39N3O5S/c1-6-8-11-14-25-21(29)20(17-12-9-10-13-19(17)28)27(15-7-2)22(30)18(16-33)26-23(31)32-24(3,4)5/h9-10,12-13,18,20,28,33H,6-8,11,14-16H2,1-5H3,(H,25,29)(H,26,31). The average Bonchev–Trinajstić information content (AvgIpc) is 2.74. The minimum absolute atomic E-state index is 0.0178. The Kier molecular flexibility index (Phi) is 12.1. The monoisotopic (exact) mass is 481 g/mol. The molecule has 8 nitrogen and oxygen atoms in total. The average molecular weight is 482 g/mol. The molecule has 0 saturated heterocycles. The van der Waals surface area contributed by atoms with Crippen LogP contribution in [0.25, 0.3) is 0 Å². The third kappa shape index (κ3) is 9.53. The van der Waals surface area contributed by atoms with Crippen molar-refractivity contribution in [3.8, 4) is 5.75 Å². The van der Waals surface area contributed by atoms with Crippen molar-refractivity contribution in [3.63, 3.8) is 0 Å². The van der Waals surface area contributed by atoms with Gasteiger partial charge in [-0.1, -0.05) is 44.9 Å². The number of para-hydroxylation sites is 1. The normalized spacial score (nSPS) is 13.0. The van der Waals surface area contributed by atoms with Gasteiger partial charge in [-0.05, 0) is 39.7 Å². The molecule has 3 amide bonds. The fourth-order valence-corrected chi connectivity index (χ4v) is 3.54. The number of phenolic OH excluding ortho intramolecular Hbond substituents is 1. The van der Waals surface area contributed by atoms with Gasteiger partial charge in [0.2, 0.25) is 11.8 Å². The number of benzene rings is 1. The van der Waals surface area contributed by atoms with Gasteiger partial charge >= 0.3 is 6.09 Å². The predicted octanol–water partition coefficient (Wildman–Crippen LogP) is 3.80. The SMILES string of the molecule is CCCCCNC(=O)C(c1ccccc1O)N(CCC)C(=O)C(CS)NC(=O)OC(C)(C)C. The summed E-state index contributed by atoms with van der Waals surface area (Å²) in [6, 6.07) is 4.41. The van der Waals surface area contributed by atoms with Gasteiger partial charge in [-0.2, -0.15) is 12.6 Å². The molecule has 186 valence electrons. The van der Waals surface area contributed by atoms with Crippen LogP contribution in [0.15, 0.2) is 24.3 Å². The minimum Gasteiger partial charge on any atom is -0.508 e. The molecule has 0 aliphatic carbocycles. The van der Waals surface area contributed by atoms with Crippen LogP contribution in [0.1, 0.15) is 71.9 Å². The summed E-state index contributed by atoms with van der Waals surface area (Å²) in [5, 5.41) is 15.9. The van der Waals surface area contributed by atoms with Crippen LogP contribution in [0.2, 0.25) is 0 Å². The quantitative estimate of drug-likeness (QED) is 0.268. The number of hydrogen-bond acceptors (Lipinski definition) is 6. The maximum atomic E-state index is 13.5. The van der Waals surface area contributed by atoms with Gasteiger partial charge in [0.25, 0.3) is 0 Å². The summed E-state index contributed by atoms with van der Waals surface area (Å²) in [6.45, 7) is 9.86. The molecule has 0 aliphatic heterocycles. The molecule has 3 N–H and O–H groups in total. The maximum Gasteiger partial charge on any atom is 0.408 e. The molecule has 1 aromatic rings. The van der Waals surface area contributed by atoms with Crippen LogP contribution in [0.5, 0.6) is 5.75 Å². The second-order valence-corrected chi connectivity index (χ2v) is 9.24. The minimum atomic E-state index is -1.05. The fraction of sp³-hybridized carbons (Fsp3) is 0.625. The van der Waals surface area contributed by atoms with E-state index in [-0.39, 0.29) is 24.0 Å². The van der Waals surface area contributed by atoms with Gasteiger partial charge in [0.15, 0.2) is 0 Å². The summed E-state index contributed by atoms with van der Waals surface area (Å²) in [4.78, 5) is 40.4. The summed E-state index contributed by atoms with van der Waals surface area (Å²) in [6.07, 6.45) is 2.64. The van der Waals surface area contributed by atoms with Crippen LogP contribution in [-0.4, -0.2) is 58.4 Å². The Hall–Kier alpha value is -2.42. The number of hydrogen-bond donors (Lipinski definition) is 4. The van der Waals surface area contributed by atoms with E-state index in [1.165, 1.54) is 11.0 Å². The number of thiol groups is 1. The van der Waals surface area contributed by atoms with Crippen molar-refractivity contribution in [1.82, 2.24) is 15.5 Å². The molecular weight excluding hydrogens is 442 g/mol. The van der Waals surface area contributed by atoms with Gasteiger partial charge in [0.1, 0.15) is 23.4 Å². The number of carbonyl (C=O) groups is 3. The number of nitrogens with zero attached hydrogens (tertiary/aromatic N) is 1. The van der Waals surface area contributed by atoms with Crippen molar-refractivity contribution in [2.75, 3.05) is 18.8 Å². The zero-order valence-corrected chi connectivity index (χ0v) is 21.3. The summed E-state index contributed by atoms with van der Waals surface area (Å²) in [7, 11) is 0. The number of amides is 3. The van der Waals surface area contributed by atoms with E-state index in [0.717, 1.165) is 19.3 Å². The Morgan fingerprint density at radius 3 is 2.33 bits per heavy atom. The highest BCUT2D eigenvalue weighted by atomic mass is 32.1. The van der Waals surface area contributed by atoms with E-state index in [1.54, 1.807) is 39.0 Å². The van der Waals surface area contributed by atoms with Gasteiger partial charge in [0, 0.05) is 24.4 Å². The molecule has 0 aromatic heterocycles. The molecule has 33 heavy (non-hydrogen) atoms. The van der Waals surface area contributed by atoms with Crippen molar-refractivity contribution < 1.29 is 24.2 Å². The summed E-state index contributed by atoms with van der Waals surface area (Å²) in [5.74, 6) is -0.925. The Morgan fingerprint density at radius 1 is 1.12 bits per heavy atom. The molecule has 0 spiro atoms. The molecule has 2 atom stereocenters. The van der Waals surface area contributed by atoms with E-state index in [9.17, 15) is 19.5 Å². The van der Waals surface area contributed by atoms with Gasteiger partial charge in [-0.25, -0.2) is 4.79 Å². The molecular formula is C24H39N3O5S. The second-order valence-electron chi connectivity index (χ2n) is 8.87. The number of ether oxygens (including phenoxy) is 1. The van der Waals surface area contributed by atoms with Crippen LogP contribution < -0.4 is 10.6 Å². The number of unbranched alkanes of at least 4 members (excludes halogenated alkanes) is 2. The highest BCUT2D eigenvalue weighted by Gasteiger charge is 2.36. The summed E-state index contributed by atoms with van der Waals surface area (Å²) in [5.41, 5.74) is -0.406. The lowest BCUT2D eigenvalue weighted by atomic mass is 10.0. The molecule has 0 radical (unpaired) electrons.